The second-order valence-corrected chi connectivity index (χ2v) is 11.4. The molecule has 1 aromatic carbocycles. The van der Waals surface area contributed by atoms with Crippen LogP contribution in [0.1, 0.15) is 61.3 Å². The van der Waals surface area contributed by atoms with Gasteiger partial charge in [0.15, 0.2) is 6.10 Å². The Morgan fingerprint density at radius 3 is 2.42 bits per heavy atom. The van der Waals surface area contributed by atoms with Crippen molar-refractivity contribution < 1.29 is 24.2 Å². The van der Waals surface area contributed by atoms with Gasteiger partial charge in [0.25, 0.3) is 5.91 Å². The second kappa shape index (κ2) is 12.7. The van der Waals surface area contributed by atoms with Gasteiger partial charge in [-0.15, -0.1) is 11.3 Å². The largest absolute Gasteiger partial charge is 0.490 e. The molecule has 7 nitrogen and oxygen atoms in total. The van der Waals surface area contributed by atoms with E-state index < -0.39 is 12.1 Å². The second-order valence-electron chi connectivity index (χ2n) is 9.72. The molecule has 9 heteroatoms. The van der Waals surface area contributed by atoms with E-state index in [-0.39, 0.29) is 25.0 Å². The smallest absolute Gasteiger partial charge is 0.332 e. The standard InChI is InChI=1S/C18H21ClN2O4S.C11H12O/c1-10(2)25-14(18(23)24)8-9-20-16(22)15-11(3)26-17(21-15)12-4-6-13(19)7-5-12;1-2-4-9(3-1)12-11-7-8-5-6-10(8)11/h4-7,10,14H,8-9H2,1-3H3,(H,20,22)(H,23,24);5-7,9H,1-4H2. The molecule has 0 saturated heterocycles. The van der Waals surface area contributed by atoms with E-state index in [1.165, 1.54) is 47.5 Å². The zero-order valence-corrected chi connectivity index (χ0v) is 23.4. The molecule has 1 saturated carbocycles. The molecule has 1 fully saturated rings. The number of aryl methyl sites for hydroxylation is 1. The predicted octanol–water partition coefficient (Wildman–Crippen LogP) is 6.38. The summed E-state index contributed by atoms with van der Waals surface area (Å²) < 4.78 is 11.2. The van der Waals surface area contributed by atoms with Crippen LogP contribution in [0, 0.1) is 17.4 Å². The molecule has 1 unspecified atom stereocenters. The molecule has 2 aromatic rings. The molecule has 3 aliphatic carbocycles. The molecule has 2 N–H and O–H groups in total. The lowest BCUT2D eigenvalue weighted by atomic mass is 10.1. The van der Waals surface area contributed by atoms with Gasteiger partial charge in [0.1, 0.15) is 16.5 Å². The summed E-state index contributed by atoms with van der Waals surface area (Å²) >= 11 is 7.31. The number of rotatable bonds is 10. The summed E-state index contributed by atoms with van der Waals surface area (Å²) in [4.78, 5) is 28.7. The topological polar surface area (TPSA) is 97.8 Å². The highest BCUT2D eigenvalue weighted by atomic mass is 35.5. The van der Waals surface area contributed by atoms with Crippen LogP contribution in [0.3, 0.4) is 0 Å². The van der Waals surface area contributed by atoms with E-state index in [0.29, 0.717) is 16.8 Å². The third kappa shape index (κ3) is 7.12. The number of hydrogen-bond donors (Lipinski definition) is 2. The van der Waals surface area contributed by atoms with Crippen molar-refractivity contribution in [2.45, 2.75) is 71.2 Å². The van der Waals surface area contributed by atoms with Crippen LogP contribution >= 0.6 is 22.9 Å². The Morgan fingerprint density at radius 1 is 1.16 bits per heavy atom. The number of nitrogens with one attached hydrogen (secondary N) is 1. The van der Waals surface area contributed by atoms with Gasteiger partial charge in [0.2, 0.25) is 0 Å². The summed E-state index contributed by atoms with van der Waals surface area (Å²) in [6, 6.07) is 13.7. The molecule has 1 aromatic heterocycles. The van der Waals surface area contributed by atoms with Crippen LogP contribution in [0.25, 0.3) is 10.6 Å². The van der Waals surface area contributed by atoms with Gasteiger partial charge in [0.05, 0.1) is 12.2 Å². The Labute approximate surface area is 231 Å². The highest BCUT2D eigenvalue weighted by Crippen LogP contribution is 2.30. The molecule has 38 heavy (non-hydrogen) atoms. The van der Waals surface area contributed by atoms with E-state index in [0.717, 1.165) is 21.2 Å². The number of halogens is 1. The Hall–Kier alpha value is -2.94. The quantitative estimate of drug-likeness (QED) is 0.235. The summed E-state index contributed by atoms with van der Waals surface area (Å²) in [5.41, 5.74) is 1.23. The van der Waals surface area contributed by atoms with Crippen molar-refractivity contribution in [3.05, 3.63) is 68.5 Å². The highest BCUT2D eigenvalue weighted by molar-refractivity contribution is 7.15. The SMILES string of the molecule is Cc1sc(-c2ccc(Cl)cc2)nc1C(=O)NCCC(OC(C)C)C(=O)O.c1cc2c(OC3CCCC3)cc1=2. The third-order valence-corrected chi connectivity index (χ3v) is 7.67. The van der Waals surface area contributed by atoms with E-state index in [1.54, 1.807) is 26.0 Å². The minimum atomic E-state index is -1.04. The Balaban J connectivity index is 0.000000229. The number of carbonyl (C=O) groups is 2. The summed E-state index contributed by atoms with van der Waals surface area (Å²) in [6.07, 6.45) is 4.75. The molecule has 0 radical (unpaired) electrons. The number of carbonyl (C=O) groups excluding carboxylic acids is 1. The van der Waals surface area contributed by atoms with E-state index in [1.807, 2.05) is 19.1 Å². The maximum absolute atomic E-state index is 12.4. The third-order valence-electron chi connectivity index (χ3n) is 6.40. The fourth-order valence-electron chi connectivity index (χ4n) is 4.34. The number of carboxylic acid groups (broad SMARTS) is 1. The average molecular weight is 557 g/mol. The first kappa shape index (κ1) is 28.1. The van der Waals surface area contributed by atoms with Gasteiger partial charge in [-0.2, -0.15) is 0 Å². The maximum atomic E-state index is 12.4. The first-order valence-electron chi connectivity index (χ1n) is 12.9. The molecular formula is C29H33ClN2O5S. The molecule has 1 atom stereocenters. The van der Waals surface area contributed by atoms with Crippen molar-refractivity contribution in [1.82, 2.24) is 10.3 Å². The van der Waals surface area contributed by atoms with Gasteiger partial charge < -0.3 is 19.9 Å². The van der Waals surface area contributed by atoms with Gasteiger partial charge in [-0.05, 0) is 69.9 Å². The molecule has 3 aliphatic rings. The Bertz CT molecular complexity index is 1370. The van der Waals surface area contributed by atoms with Gasteiger partial charge in [-0.25, -0.2) is 9.78 Å². The number of hydrogen-bond acceptors (Lipinski definition) is 6. The molecule has 5 rings (SSSR count). The van der Waals surface area contributed by atoms with E-state index in [9.17, 15) is 9.59 Å². The normalized spacial score (nSPS) is 14.6. The summed E-state index contributed by atoms with van der Waals surface area (Å²) in [5, 5.41) is 15.9. The highest BCUT2D eigenvalue weighted by Gasteiger charge is 2.21. The summed E-state index contributed by atoms with van der Waals surface area (Å²) in [6.45, 7) is 5.56. The van der Waals surface area contributed by atoms with Crippen molar-refractivity contribution in [1.29, 1.82) is 0 Å². The number of ether oxygens (including phenoxy) is 2. The van der Waals surface area contributed by atoms with Gasteiger partial charge >= 0.3 is 5.97 Å². The van der Waals surface area contributed by atoms with Crippen LogP contribution in [0.2, 0.25) is 5.02 Å². The number of nitrogens with zero attached hydrogens (tertiary/aromatic N) is 1. The maximum Gasteiger partial charge on any atom is 0.332 e. The van der Waals surface area contributed by atoms with Crippen LogP contribution < -0.4 is 10.1 Å². The van der Waals surface area contributed by atoms with Gasteiger partial charge in [0, 0.05) is 33.6 Å². The monoisotopic (exact) mass is 556 g/mol. The Kier molecular flexibility index (Phi) is 9.41. The lowest BCUT2D eigenvalue weighted by Crippen LogP contribution is -2.33. The molecule has 0 spiro atoms. The molecule has 202 valence electrons. The minimum absolute atomic E-state index is 0.187. The Morgan fingerprint density at radius 2 is 1.87 bits per heavy atom. The van der Waals surface area contributed by atoms with E-state index in [4.69, 9.17) is 26.2 Å². The number of benzene rings is 2. The van der Waals surface area contributed by atoms with Crippen molar-refractivity contribution in [3.63, 3.8) is 0 Å². The molecule has 1 heterocycles. The zero-order valence-electron chi connectivity index (χ0n) is 21.8. The summed E-state index contributed by atoms with van der Waals surface area (Å²) in [5.74, 6) is -0.227. The van der Waals surface area contributed by atoms with Crippen molar-refractivity contribution in [2.75, 3.05) is 6.54 Å². The molecule has 0 bridgehead atoms. The predicted molar refractivity (Wildman–Crippen MR) is 149 cm³/mol. The fraction of sp³-hybridized carbons (Fsp3) is 0.414. The zero-order chi connectivity index (χ0) is 27.2. The molecule has 1 amide bonds. The van der Waals surface area contributed by atoms with Crippen LogP contribution in [0.5, 0.6) is 5.75 Å². The number of aromatic nitrogens is 1. The lowest BCUT2D eigenvalue weighted by Gasteiger charge is -2.17. The van der Waals surface area contributed by atoms with Crippen molar-refractivity contribution in [2.24, 2.45) is 0 Å². The van der Waals surface area contributed by atoms with E-state index >= 15 is 0 Å². The lowest BCUT2D eigenvalue weighted by molar-refractivity contribution is -0.153. The van der Waals surface area contributed by atoms with Crippen LogP contribution in [-0.4, -0.2) is 46.8 Å². The van der Waals surface area contributed by atoms with Crippen LogP contribution in [0.4, 0.5) is 0 Å². The van der Waals surface area contributed by atoms with E-state index in [2.05, 4.69) is 28.5 Å². The van der Waals surface area contributed by atoms with Crippen LogP contribution in [0.15, 0.2) is 42.5 Å². The number of carboxylic acids is 1. The first-order chi connectivity index (χ1) is 18.2. The average Bonchev–Trinajstić information content (AvgIpc) is 3.51. The van der Waals surface area contributed by atoms with Crippen LogP contribution in [-0.2, 0) is 9.53 Å². The van der Waals surface area contributed by atoms with Crippen molar-refractivity contribution in [3.8, 4) is 16.3 Å². The number of amides is 1. The first-order valence-corrected chi connectivity index (χ1v) is 14.1. The van der Waals surface area contributed by atoms with Gasteiger partial charge in [-0.1, -0.05) is 35.9 Å². The van der Waals surface area contributed by atoms with Crippen molar-refractivity contribution >= 4 is 34.8 Å². The summed E-state index contributed by atoms with van der Waals surface area (Å²) in [7, 11) is 0. The number of thiazole rings is 1. The molecular weight excluding hydrogens is 524 g/mol. The minimum Gasteiger partial charge on any atom is -0.490 e. The number of aliphatic carboxylic acids is 1. The van der Waals surface area contributed by atoms with Gasteiger partial charge in [-0.3, -0.25) is 4.79 Å². The fourth-order valence-corrected chi connectivity index (χ4v) is 5.38. The molecule has 0 aliphatic heterocycles.